The third-order valence-corrected chi connectivity index (χ3v) is 2.69. The van der Waals surface area contributed by atoms with Gasteiger partial charge in [-0.1, -0.05) is 0 Å². The van der Waals surface area contributed by atoms with Crippen LogP contribution in [-0.2, 0) is 16.1 Å². The van der Waals surface area contributed by atoms with Crippen molar-refractivity contribution in [2.24, 2.45) is 0 Å². The van der Waals surface area contributed by atoms with Crippen LogP contribution in [0.15, 0.2) is 18.7 Å². The normalized spacial score (nSPS) is 16.0. The van der Waals surface area contributed by atoms with Crippen LogP contribution in [0.5, 0.6) is 0 Å². The van der Waals surface area contributed by atoms with Gasteiger partial charge in [-0.25, -0.2) is 4.98 Å². The Morgan fingerprint density at radius 1 is 1.62 bits per heavy atom. The second kappa shape index (κ2) is 5.07. The van der Waals surface area contributed by atoms with E-state index < -0.39 is 0 Å². The first-order valence-corrected chi connectivity index (χ1v) is 5.55. The Balaban J connectivity index is 1.81. The quantitative estimate of drug-likeness (QED) is 0.719. The zero-order valence-electron chi connectivity index (χ0n) is 8.83. The maximum atomic E-state index is 11.8. The molecular weight excluding hydrogens is 226 g/mol. The highest BCUT2D eigenvalue weighted by molar-refractivity contribution is 7.80. The number of hydrogen-bond donors (Lipinski definition) is 0. The van der Waals surface area contributed by atoms with Crippen LogP contribution in [0.2, 0.25) is 0 Å². The maximum Gasteiger partial charge on any atom is 0.224 e. The molecule has 0 unspecified atom stereocenters. The van der Waals surface area contributed by atoms with E-state index in [4.69, 9.17) is 17.0 Å². The molecule has 1 saturated heterocycles. The van der Waals surface area contributed by atoms with E-state index in [0.29, 0.717) is 37.7 Å². The van der Waals surface area contributed by atoms with Crippen LogP contribution in [0.1, 0.15) is 6.42 Å². The summed E-state index contributed by atoms with van der Waals surface area (Å²) in [4.78, 5) is 17.5. The molecule has 0 aromatic carbocycles. The standard InChI is InChI=1S/C10H13N3O2S/c14-9(1-3-12-4-2-11-8-12)13-5-6-15-10(16)7-13/h2,4,8H,1,3,5-7H2. The van der Waals surface area contributed by atoms with Crippen molar-refractivity contribution in [2.75, 3.05) is 19.7 Å². The summed E-state index contributed by atoms with van der Waals surface area (Å²) in [6, 6.07) is 0. The number of ether oxygens (including phenoxy) is 1. The molecule has 1 aliphatic heterocycles. The second-order valence-electron chi connectivity index (χ2n) is 3.59. The fourth-order valence-corrected chi connectivity index (χ4v) is 1.80. The van der Waals surface area contributed by atoms with E-state index in [-0.39, 0.29) is 5.91 Å². The average Bonchev–Trinajstić information content (AvgIpc) is 2.78. The molecule has 0 aliphatic carbocycles. The molecule has 5 nitrogen and oxygen atoms in total. The molecule has 16 heavy (non-hydrogen) atoms. The minimum Gasteiger partial charge on any atom is -0.483 e. The fourth-order valence-electron chi connectivity index (χ4n) is 1.56. The van der Waals surface area contributed by atoms with E-state index in [0.717, 1.165) is 0 Å². The predicted molar refractivity (Wildman–Crippen MR) is 62.0 cm³/mol. The molecule has 1 amide bonds. The molecule has 0 bridgehead atoms. The molecule has 2 heterocycles. The highest BCUT2D eigenvalue weighted by Gasteiger charge is 2.19. The van der Waals surface area contributed by atoms with Gasteiger partial charge in [0.1, 0.15) is 6.61 Å². The van der Waals surface area contributed by atoms with Gasteiger partial charge in [0, 0.05) is 25.4 Å². The summed E-state index contributed by atoms with van der Waals surface area (Å²) in [6.45, 7) is 2.24. The number of aromatic nitrogens is 2. The summed E-state index contributed by atoms with van der Waals surface area (Å²) in [7, 11) is 0. The zero-order chi connectivity index (χ0) is 11.4. The molecule has 0 radical (unpaired) electrons. The van der Waals surface area contributed by atoms with E-state index in [1.807, 2.05) is 10.8 Å². The lowest BCUT2D eigenvalue weighted by molar-refractivity contribution is -0.132. The van der Waals surface area contributed by atoms with E-state index in [2.05, 4.69) is 4.98 Å². The van der Waals surface area contributed by atoms with Gasteiger partial charge in [0.25, 0.3) is 0 Å². The van der Waals surface area contributed by atoms with Gasteiger partial charge in [-0.2, -0.15) is 0 Å². The molecule has 0 spiro atoms. The number of carbonyl (C=O) groups excluding carboxylic acids is 1. The van der Waals surface area contributed by atoms with E-state index >= 15 is 0 Å². The number of nitrogens with zero attached hydrogens (tertiary/aromatic N) is 3. The van der Waals surface area contributed by atoms with Gasteiger partial charge in [-0.3, -0.25) is 4.79 Å². The summed E-state index contributed by atoms with van der Waals surface area (Å²) in [6.07, 6.45) is 5.72. The van der Waals surface area contributed by atoms with Crippen LogP contribution < -0.4 is 0 Å². The number of carbonyl (C=O) groups is 1. The Morgan fingerprint density at radius 2 is 2.50 bits per heavy atom. The third-order valence-electron chi connectivity index (χ3n) is 2.44. The minimum atomic E-state index is 0.111. The van der Waals surface area contributed by atoms with Crippen LogP contribution in [0.3, 0.4) is 0 Å². The number of aryl methyl sites for hydroxylation is 1. The Hall–Kier alpha value is -1.43. The van der Waals surface area contributed by atoms with Crippen molar-refractivity contribution in [2.45, 2.75) is 13.0 Å². The Bertz CT molecular complexity index is 377. The van der Waals surface area contributed by atoms with Crippen LogP contribution in [-0.4, -0.2) is 45.1 Å². The van der Waals surface area contributed by atoms with Crippen molar-refractivity contribution in [1.29, 1.82) is 0 Å². The van der Waals surface area contributed by atoms with Crippen molar-refractivity contribution >= 4 is 23.2 Å². The molecule has 1 fully saturated rings. The van der Waals surface area contributed by atoms with Gasteiger partial charge in [0.05, 0.1) is 19.4 Å². The lowest BCUT2D eigenvalue weighted by atomic mass is 10.3. The summed E-state index contributed by atoms with van der Waals surface area (Å²) in [5.74, 6) is 0.111. The Labute approximate surface area is 99.0 Å². The van der Waals surface area contributed by atoms with Gasteiger partial charge < -0.3 is 14.2 Å². The van der Waals surface area contributed by atoms with Crippen LogP contribution in [0, 0.1) is 0 Å². The zero-order valence-corrected chi connectivity index (χ0v) is 9.65. The number of hydrogen-bond acceptors (Lipinski definition) is 4. The summed E-state index contributed by atoms with van der Waals surface area (Å²) in [5, 5.41) is 0.502. The van der Waals surface area contributed by atoms with E-state index in [1.54, 1.807) is 17.4 Å². The molecule has 0 saturated carbocycles. The molecule has 1 aromatic heterocycles. The number of amides is 1. The van der Waals surface area contributed by atoms with Gasteiger partial charge >= 0.3 is 0 Å². The lowest BCUT2D eigenvalue weighted by Crippen LogP contribution is -2.43. The first-order valence-electron chi connectivity index (χ1n) is 5.15. The highest BCUT2D eigenvalue weighted by Crippen LogP contribution is 2.03. The molecule has 0 atom stereocenters. The maximum absolute atomic E-state index is 11.8. The van der Waals surface area contributed by atoms with Crippen LogP contribution >= 0.6 is 12.2 Å². The largest absolute Gasteiger partial charge is 0.483 e. The van der Waals surface area contributed by atoms with Crippen molar-refractivity contribution in [3.63, 3.8) is 0 Å². The Kier molecular flexibility index (Phi) is 3.51. The number of imidazole rings is 1. The van der Waals surface area contributed by atoms with Crippen molar-refractivity contribution in [3.8, 4) is 0 Å². The fraction of sp³-hybridized carbons (Fsp3) is 0.500. The molecule has 1 aromatic rings. The molecule has 1 aliphatic rings. The first-order chi connectivity index (χ1) is 7.75. The van der Waals surface area contributed by atoms with Gasteiger partial charge in [-0.05, 0) is 12.2 Å². The van der Waals surface area contributed by atoms with Crippen LogP contribution in [0.25, 0.3) is 0 Å². The number of rotatable bonds is 3. The van der Waals surface area contributed by atoms with Gasteiger partial charge in [0.2, 0.25) is 5.91 Å². The predicted octanol–water partition coefficient (Wildman–Crippen LogP) is 0.459. The SMILES string of the molecule is O=C(CCn1ccnc1)N1CCOC(=S)C1. The molecule has 0 N–H and O–H groups in total. The number of thiocarbonyl (C=S) groups is 1. The summed E-state index contributed by atoms with van der Waals surface area (Å²) in [5.41, 5.74) is 0. The number of morpholine rings is 1. The first kappa shape index (κ1) is 11.1. The monoisotopic (exact) mass is 239 g/mol. The Morgan fingerprint density at radius 3 is 3.19 bits per heavy atom. The van der Waals surface area contributed by atoms with Crippen LogP contribution in [0.4, 0.5) is 0 Å². The summed E-state index contributed by atoms with van der Waals surface area (Å²) >= 11 is 4.93. The average molecular weight is 239 g/mol. The van der Waals surface area contributed by atoms with Crippen molar-refractivity contribution in [3.05, 3.63) is 18.7 Å². The lowest BCUT2D eigenvalue weighted by Gasteiger charge is -2.27. The molecule has 2 rings (SSSR count). The van der Waals surface area contributed by atoms with E-state index in [9.17, 15) is 4.79 Å². The topological polar surface area (TPSA) is 47.4 Å². The molecule has 6 heteroatoms. The van der Waals surface area contributed by atoms with Gasteiger partial charge in [-0.15, -0.1) is 0 Å². The highest BCUT2D eigenvalue weighted by atomic mass is 32.1. The third kappa shape index (κ3) is 2.79. The summed E-state index contributed by atoms with van der Waals surface area (Å²) < 4.78 is 7.02. The van der Waals surface area contributed by atoms with Gasteiger partial charge in [0.15, 0.2) is 5.05 Å². The smallest absolute Gasteiger partial charge is 0.224 e. The molecular formula is C10H13N3O2S. The van der Waals surface area contributed by atoms with Crippen molar-refractivity contribution < 1.29 is 9.53 Å². The second-order valence-corrected chi connectivity index (χ2v) is 4.04. The minimum absolute atomic E-state index is 0.111. The molecule has 86 valence electrons. The van der Waals surface area contributed by atoms with E-state index in [1.165, 1.54) is 0 Å². The van der Waals surface area contributed by atoms with Crippen molar-refractivity contribution in [1.82, 2.24) is 14.5 Å².